The molecule has 4 N–H and O–H groups in total. The molecule has 0 aliphatic heterocycles. The zero-order valence-electron chi connectivity index (χ0n) is 19.5. The lowest BCUT2D eigenvalue weighted by molar-refractivity contribution is -0.261. The molecule has 39 heavy (non-hydrogen) atoms. The average Bonchev–Trinajstić information content (AvgIpc) is 2.78. The Kier molecular flexibility index (Phi) is 8.99. The first-order valence-electron chi connectivity index (χ1n) is 10.6. The number of aliphatic hydroxyl groups is 1. The van der Waals surface area contributed by atoms with Crippen LogP contribution in [-0.4, -0.2) is 30.4 Å². The number of urea groups is 1. The fourth-order valence-electron chi connectivity index (χ4n) is 3.29. The Hall–Kier alpha value is -3.37. The lowest BCUT2D eigenvalue weighted by atomic mass is 9.89. The molecule has 218 valence electrons. The molecule has 2 aromatic rings. The summed E-state index contributed by atoms with van der Waals surface area (Å²) in [4.78, 5) is 11.5. The van der Waals surface area contributed by atoms with Crippen LogP contribution in [0.3, 0.4) is 0 Å². The summed E-state index contributed by atoms with van der Waals surface area (Å²) < 4.78 is 161. The average molecular weight is 585 g/mol. The lowest BCUT2D eigenvalue weighted by Crippen LogP contribution is -2.48. The first kappa shape index (κ1) is 31.8. The van der Waals surface area contributed by atoms with Gasteiger partial charge in [-0.2, -0.15) is 52.7 Å². The van der Waals surface area contributed by atoms with Crippen molar-refractivity contribution in [1.29, 1.82) is 0 Å². The maximum absolute atomic E-state index is 13.8. The zero-order chi connectivity index (χ0) is 30.0. The molecule has 2 rings (SSSR count). The molecule has 0 spiro atoms. The van der Waals surface area contributed by atoms with Gasteiger partial charge in [-0.25, -0.2) is 4.79 Å². The van der Waals surface area contributed by atoms with Crippen molar-refractivity contribution in [3.63, 3.8) is 0 Å². The van der Waals surface area contributed by atoms with E-state index in [1.165, 1.54) is 6.92 Å². The van der Waals surface area contributed by atoms with Crippen LogP contribution in [0.4, 0.5) is 63.2 Å². The quantitative estimate of drug-likeness (QED) is 0.284. The number of hydrogen-bond donors (Lipinski definition) is 4. The first-order chi connectivity index (χ1) is 17.6. The molecule has 0 heterocycles. The normalized spacial score (nSPS) is 14.5. The molecule has 0 saturated heterocycles. The monoisotopic (exact) mass is 585 g/mol. The summed E-state index contributed by atoms with van der Waals surface area (Å²) >= 11 is 0. The van der Waals surface area contributed by atoms with E-state index in [0.29, 0.717) is 6.07 Å². The van der Waals surface area contributed by atoms with Crippen molar-refractivity contribution in [2.75, 3.05) is 18.4 Å². The van der Waals surface area contributed by atoms with E-state index in [0.717, 1.165) is 12.1 Å². The van der Waals surface area contributed by atoms with Crippen LogP contribution in [0.15, 0.2) is 36.4 Å². The smallest absolute Gasteiger partial charge is 0.381 e. The molecule has 0 fully saturated rings. The largest absolute Gasteiger partial charge is 0.423 e. The van der Waals surface area contributed by atoms with Gasteiger partial charge >= 0.3 is 30.7 Å². The van der Waals surface area contributed by atoms with E-state index in [-0.39, 0.29) is 18.7 Å². The number of rotatable bonds is 7. The minimum Gasteiger partial charge on any atom is -0.381 e. The minimum atomic E-state index is -5.88. The summed E-state index contributed by atoms with van der Waals surface area (Å²) in [5.74, 6) is 0. The molecule has 5 nitrogen and oxygen atoms in total. The Balaban J connectivity index is 2.51. The number of amides is 2. The Labute approximate surface area is 212 Å². The molecule has 2 aromatic carbocycles. The predicted octanol–water partition coefficient (Wildman–Crippen LogP) is 6.42. The Morgan fingerprint density at radius 3 is 1.69 bits per heavy atom. The van der Waals surface area contributed by atoms with Crippen molar-refractivity contribution in [3.05, 3.63) is 64.2 Å². The van der Waals surface area contributed by atoms with Gasteiger partial charge in [0.15, 0.2) is 0 Å². The molecular formula is C22H19F12N3O2. The van der Waals surface area contributed by atoms with Crippen molar-refractivity contribution >= 4 is 11.7 Å². The van der Waals surface area contributed by atoms with E-state index < -0.39 is 89.0 Å². The van der Waals surface area contributed by atoms with Gasteiger partial charge in [0.1, 0.15) is 0 Å². The summed E-state index contributed by atoms with van der Waals surface area (Å²) in [7, 11) is 0. The number of alkyl halides is 12. The number of anilines is 1. The van der Waals surface area contributed by atoms with Gasteiger partial charge in [0, 0.05) is 18.8 Å². The SMILES string of the molecule is CCNC(=O)NCc1ccc(NC[C@](O)(c2cc(C(F)(F)F)cc(C(F)(F)F)c2)C(F)(F)F)cc1C(F)(F)F. The third-order valence-corrected chi connectivity index (χ3v) is 5.27. The van der Waals surface area contributed by atoms with Gasteiger partial charge in [-0.15, -0.1) is 0 Å². The fourth-order valence-corrected chi connectivity index (χ4v) is 3.29. The molecule has 0 aliphatic carbocycles. The zero-order valence-corrected chi connectivity index (χ0v) is 19.5. The molecular weight excluding hydrogens is 566 g/mol. The highest BCUT2D eigenvalue weighted by molar-refractivity contribution is 5.73. The third kappa shape index (κ3) is 7.83. The maximum Gasteiger partial charge on any atom is 0.423 e. The van der Waals surface area contributed by atoms with Crippen LogP contribution in [0.5, 0.6) is 0 Å². The Bertz CT molecular complexity index is 1140. The number of nitrogens with one attached hydrogen (secondary N) is 3. The standard InChI is InChI=1S/C22H19F12N3O2/c1-2-35-17(38)36-9-11-3-4-15(8-16(11)21(29,30)31)37-10-18(39,22(32,33)34)12-5-13(19(23,24)25)7-14(6-12)20(26,27)28/h3-8,37,39H,2,9-10H2,1H3,(H2,35,36,38)/t18-/m0/s1. The molecule has 0 bridgehead atoms. The fraction of sp³-hybridized carbons (Fsp3) is 0.409. The van der Waals surface area contributed by atoms with Crippen LogP contribution in [0, 0.1) is 0 Å². The van der Waals surface area contributed by atoms with Gasteiger partial charge < -0.3 is 21.1 Å². The number of halogens is 12. The van der Waals surface area contributed by atoms with Crippen molar-refractivity contribution in [1.82, 2.24) is 10.6 Å². The highest BCUT2D eigenvalue weighted by atomic mass is 19.4. The molecule has 1 atom stereocenters. The van der Waals surface area contributed by atoms with Crippen LogP contribution in [0.1, 0.15) is 34.7 Å². The van der Waals surface area contributed by atoms with E-state index in [9.17, 15) is 62.6 Å². The summed E-state index contributed by atoms with van der Waals surface area (Å²) in [5.41, 5.74) is -13.2. The van der Waals surface area contributed by atoms with Crippen molar-refractivity contribution in [3.8, 4) is 0 Å². The van der Waals surface area contributed by atoms with Gasteiger partial charge in [-0.3, -0.25) is 0 Å². The summed E-state index contributed by atoms with van der Waals surface area (Å²) in [5, 5.41) is 16.5. The van der Waals surface area contributed by atoms with Crippen molar-refractivity contribution in [2.45, 2.75) is 43.8 Å². The predicted molar refractivity (Wildman–Crippen MR) is 112 cm³/mol. The van der Waals surface area contributed by atoms with E-state index in [1.54, 1.807) is 5.32 Å². The van der Waals surface area contributed by atoms with Crippen LogP contribution in [-0.2, 0) is 30.7 Å². The molecule has 0 unspecified atom stereocenters. The Morgan fingerprint density at radius 1 is 0.744 bits per heavy atom. The van der Waals surface area contributed by atoms with Gasteiger partial charge in [0.05, 0.1) is 23.2 Å². The van der Waals surface area contributed by atoms with E-state index >= 15 is 0 Å². The van der Waals surface area contributed by atoms with E-state index in [4.69, 9.17) is 0 Å². The van der Waals surface area contributed by atoms with Gasteiger partial charge in [0.2, 0.25) is 5.60 Å². The van der Waals surface area contributed by atoms with Gasteiger partial charge in [-0.05, 0) is 48.4 Å². The number of benzene rings is 2. The van der Waals surface area contributed by atoms with Crippen LogP contribution in [0.25, 0.3) is 0 Å². The Morgan fingerprint density at radius 2 is 1.26 bits per heavy atom. The van der Waals surface area contributed by atoms with Crippen molar-refractivity contribution in [2.24, 2.45) is 0 Å². The number of hydrogen-bond acceptors (Lipinski definition) is 3. The molecule has 17 heteroatoms. The lowest BCUT2D eigenvalue weighted by Gasteiger charge is -2.32. The number of carbonyl (C=O) groups is 1. The van der Waals surface area contributed by atoms with Crippen LogP contribution < -0.4 is 16.0 Å². The topological polar surface area (TPSA) is 73.4 Å². The second-order valence-corrected chi connectivity index (χ2v) is 8.09. The highest BCUT2D eigenvalue weighted by Crippen LogP contribution is 2.44. The van der Waals surface area contributed by atoms with Crippen LogP contribution in [0.2, 0.25) is 0 Å². The highest BCUT2D eigenvalue weighted by Gasteiger charge is 2.56. The molecule has 0 saturated carbocycles. The van der Waals surface area contributed by atoms with Crippen molar-refractivity contribution < 1.29 is 62.6 Å². The maximum atomic E-state index is 13.8. The number of carbonyl (C=O) groups excluding carboxylic acids is 1. The minimum absolute atomic E-state index is 0.152. The summed E-state index contributed by atoms with van der Waals surface area (Å²) in [6.07, 6.45) is -22.0. The second kappa shape index (κ2) is 11.0. The molecule has 0 aliphatic rings. The van der Waals surface area contributed by atoms with Gasteiger partial charge in [0.25, 0.3) is 0 Å². The third-order valence-electron chi connectivity index (χ3n) is 5.27. The molecule has 2 amide bonds. The van der Waals surface area contributed by atoms with E-state index in [2.05, 4.69) is 10.6 Å². The van der Waals surface area contributed by atoms with E-state index in [1.807, 2.05) is 0 Å². The van der Waals surface area contributed by atoms with Gasteiger partial charge in [-0.1, -0.05) is 6.07 Å². The summed E-state index contributed by atoms with van der Waals surface area (Å²) in [6, 6.07) is -0.0364. The first-order valence-corrected chi connectivity index (χ1v) is 10.6. The molecule has 0 radical (unpaired) electrons. The summed E-state index contributed by atoms with van der Waals surface area (Å²) in [6.45, 7) is -0.827. The second-order valence-electron chi connectivity index (χ2n) is 8.09. The van der Waals surface area contributed by atoms with Crippen LogP contribution >= 0.6 is 0 Å². The molecule has 0 aromatic heterocycles.